The average molecular weight is 190 g/mol. The highest BCUT2D eigenvalue weighted by Gasteiger charge is 2.14. The lowest BCUT2D eigenvalue weighted by Gasteiger charge is -2.07. The van der Waals surface area contributed by atoms with Crippen LogP contribution < -0.4 is 0 Å². The molecule has 0 aliphatic carbocycles. The van der Waals surface area contributed by atoms with Crippen LogP contribution in [0.25, 0.3) is 0 Å². The van der Waals surface area contributed by atoms with Crippen LogP contribution in [0.4, 0.5) is 0 Å². The van der Waals surface area contributed by atoms with Gasteiger partial charge in [0, 0.05) is 6.61 Å². The average Bonchev–Trinajstić information content (AvgIpc) is 2.10. The molecule has 0 saturated heterocycles. The van der Waals surface area contributed by atoms with Crippen LogP contribution in [0.5, 0.6) is 0 Å². The first-order chi connectivity index (χ1) is 6.22. The van der Waals surface area contributed by atoms with E-state index in [4.69, 9.17) is 15.3 Å². The summed E-state index contributed by atoms with van der Waals surface area (Å²) in [5.74, 6) is -1.54. The van der Waals surface area contributed by atoms with Gasteiger partial charge in [-0.3, -0.25) is 4.79 Å². The molecule has 0 aliphatic rings. The molecule has 4 heteroatoms. The second-order valence-corrected chi connectivity index (χ2v) is 3.14. The fourth-order valence-electron chi connectivity index (χ4n) is 1.15. The van der Waals surface area contributed by atoms with Crippen LogP contribution in [0.15, 0.2) is 0 Å². The molecule has 0 aromatic carbocycles. The predicted molar refractivity (Wildman–Crippen MR) is 48.4 cm³/mol. The Morgan fingerprint density at radius 1 is 1.08 bits per heavy atom. The van der Waals surface area contributed by atoms with Crippen molar-refractivity contribution in [3.05, 3.63) is 0 Å². The number of carbonyl (C=O) groups is 1. The highest BCUT2D eigenvalue weighted by Crippen LogP contribution is 2.10. The molecule has 0 aromatic rings. The monoisotopic (exact) mass is 190 g/mol. The molecule has 0 radical (unpaired) electrons. The minimum absolute atomic E-state index is 0.197. The first kappa shape index (κ1) is 12.4. The van der Waals surface area contributed by atoms with Crippen LogP contribution in [0.1, 0.15) is 32.1 Å². The van der Waals surface area contributed by atoms with Gasteiger partial charge in [-0.1, -0.05) is 19.3 Å². The van der Waals surface area contributed by atoms with E-state index in [1.165, 1.54) is 0 Å². The summed E-state index contributed by atoms with van der Waals surface area (Å²) in [6, 6.07) is 0. The van der Waals surface area contributed by atoms with E-state index in [2.05, 4.69) is 0 Å². The molecule has 1 unspecified atom stereocenters. The van der Waals surface area contributed by atoms with Crippen molar-refractivity contribution >= 4 is 5.97 Å². The Kier molecular flexibility index (Phi) is 7.63. The van der Waals surface area contributed by atoms with E-state index in [9.17, 15) is 4.79 Å². The normalized spacial score (nSPS) is 12.8. The zero-order chi connectivity index (χ0) is 10.1. The van der Waals surface area contributed by atoms with Gasteiger partial charge in [-0.15, -0.1) is 0 Å². The Balaban J connectivity index is 3.33. The highest BCUT2D eigenvalue weighted by molar-refractivity contribution is 5.69. The van der Waals surface area contributed by atoms with Gasteiger partial charge < -0.3 is 15.3 Å². The Morgan fingerprint density at radius 3 is 2.15 bits per heavy atom. The molecular formula is C9H18O4. The van der Waals surface area contributed by atoms with Crippen LogP contribution in [-0.4, -0.2) is 34.5 Å². The van der Waals surface area contributed by atoms with E-state index in [0.29, 0.717) is 6.42 Å². The standard InChI is InChI=1S/C9H18O4/c10-6-4-2-1-3-5-8(7-11)9(12)13/h8,10-11H,1-7H2,(H,12,13). The fraction of sp³-hybridized carbons (Fsp3) is 0.889. The molecular weight excluding hydrogens is 172 g/mol. The number of carboxylic acid groups (broad SMARTS) is 1. The van der Waals surface area contributed by atoms with E-state index >= 15 is 0 Å². The van der Waals surface area contributed by atoms with Crippen LogP contribution >= 0.6 is 0 Å². The molecule has 0 amide bonds. The van der Waals surface area contributed by atoms with Gasteiger partial charge in [0.05, 0.1) is 12.5 Å². The van der Waals surface area contributed by atoms with Gasteiger partial charge in [0.2, 0.25) is 0 Å². The maximum absolute atomic E-state index is 10.5. The predicted octanol–water partition coefficient (Wildman–Crippen LogP) is 0.622. The smallest absolute Gasteiger partial charge is 0.308 e. The molecule has 0 rings (SSSR count). The number of hydrogen-bond donors (Lipinski definition) is 3. The van der Waals surface area contributed by atoms with Gasteiger partial charge in [0.1, 0.15) is 0 Å². The zero-order valence-electron chi connectivity index (χ0n) is 7.78. The molecule has 1 atom stereocenters. The topological polar surface area (TPSA) is 77.8 Å². The third-order valence-corrected chi connectivity index (χ3v) is 2.03. The Morgan fingerprint density at radius 2 is 1.69 bits per heavy atom. The van der Waals surface area contributed by atoms with Gasteiger partial charge in [-0.2, -0.15) is 0 Å². The molecule has 0 aromatic heterocycles. The number of carboxylic acids is 1. The molecule has 0 fully saturated rings. The highest BCUT2D eigenvalue weighted by atomic mass is 16.4. The zero-order valence-corrected chi connectivity index (χ0v) is 7.78. The van der Waals surface area contributed by atoms with E-state index in [0.717, 1.165) is 25.7 Å². The second-order valence-electron chi connectivity index (χ2n) is 3.14. The summed E-state index contributed by atoms with van der Waals surface area (Å²) in [6.45, 7) is -0.0856. The van der Waals surface area contributed by atoms with Crippen LogP contribution in [0.2, 0.25) is 0 Å². The number of aliphatic hydroxyl groups excluding tert-OH is 2. The fourth-order valence-corrected chi connectivity index (χ4v) is 1.15. The minimum atomic E-state index is -0.926. The van der Waals surface area contributed by atoms with Crippen molar-refractivity contribution in [2.45, 2.75) is 32.1 Å². The lowest BCUT2D eigenvalue weighted by molar-refractivity contribution is -0.143. The second kappa shape index (κ2) is 8.01. The summed E-state index contributed by atoms with van der Waals surface area (Å²) < 4.78 is 0. The van der Waals surface area contributed by atoms with Crippen molar-refractivity contribution in [2.24, 2.45) is 5.92 Å². The van der Waals surface area contributed by atoms with Crippen molar-refractivity contribution in [3.8, 4) is 0 Å². The van der Waals surface area contributed by atoms with Crippen LogP contribution in [0.3, 0.4) is 0 Å². The van der Waals surface area contributed by atoms with E-state index in [1.54, 1.807) is 0 Å². The lowest BCUT2D eigenvalue weighted by atomic mass is 10.0. The van der Waals surface area contributed by atoms with Gasteiger partial charge in [0.15, 0.2) is 0 Å². The van der Waals surface area contributed by atoms with E-state index in [-0.39, 0.29) is 13.2 Å². The Hall–Kier alpha value is -0.610. The Bertz CT molecular complexity index is 136. The third-order valence-electron chi connectivity index (χ3n) is 2.03. The summed E-state index contributed by atoms with van der Waals surface area (Å²) in [7, 11) is 0. The van der Waals surface area contributed by atoms with Crippen LogP contribution in [0, 0.1) is 5.92 Å². The molecule has 13 heavy (non-hydrogen) atoms. The molecule has 78 valence electrons. The van der Waals surface area contributed by atoms with Crippen molar-refractivity contribution in [2.75, 3.05) is 13.2 Å². The summed E-state index contributed by atoms with van der Waals surface area (Å²) in [5.41, 5.74) is 0. The van der Waals surface area contributed by atoms with Gasteiger partial charge in [0.25, 0.3) is 0 Å². The number of hydrogen-bond acceptors (Lipinski definition) is 3. The molecule has 0 bridgehead atoms. The van der Waals surface area contributed by atoms with Crippen molar-refractivity contribution in [1.29, 1.82) is 0 Å². The summed E-state index contributed by atoms with van der Waals surface area (Å²) in [5, 5.41) is 25.7. The molecule has 3 N–H and O–H groups in total. The molecule has 0 saturated carbocycles. The van der Waals surface area contributed by atoms with E-state index in [1.807, 2.05) is 0 Å². The summed E-state index contributed by atoms with van der Waals surface area (Å²) >= 11 is 0. The number of aliphatic carboxylic acids is 1. The van der Waals surface area contributed by atoms with Crippen molar-refractivity contribution < 1.29 is 20.1 Å². The maximum Gasteiger partial charge on any atom is 0.308 e. The molecule has 4 nitrogen and oxygen atoms in total. The minimum Gasteiger partial charge on any atom is -0.481 e. The lowest BCUT2D eigenvalue weighted by Crippen LogP contribution is -2.17. The largest absolute Gasteiger partial charge is 0.481 e. The van der Waals surface area contributed by atoms with Gasteiger partial charge in [-0.05, 0) is 12.8 Å². The molecule has 0 spiro atoms. The van der Waals surface area contributed by atoms with Crippen molar-refractivity contribution in [1.82, 2.24) is 0 Å². The van der Waals surface area contributed by atoms with E-state index < -0.39 is 11.9 Å². The van der Waals surface area contributed by atoms with Crippen LogP contribution in [-0.2, 0) is 4.79 Å². The number of rotatable bonds is 8. The van der Waals surface area contributed by atoms with Crippen molar-refractivity contribution in [3.63, 3.8) is 0 Å². The quantitative estimate of drug-likeness (QED) is 0.490. The molecule has 0 aliphatic heterocycles. The third kappa shape index (κ3) is 6.54. The summed E-state index contributed by atoms with van der Waals surface area (Å²) in [4.78, 5) is 10.5. The maximum atomic E-state index is 10.5. The number of aliphatic hydroxyl groups is 2. The van der Waals surface area contributed by atoms with Gasteiger partial charge in [-0.25, -0.2) is 0 Å². The number of unbranched alkanes of at least 4 members (excludes halogenated alkanes) is 3. The van der Waals surface area contributed by atoms with Gasteiger partial charge >= 0.3 is 5.97 Å². The SMILES string of the molecule is O=C(O)C(CO)CCCCCCO. The Labute approximate surface area is 78.2 Å². The molecule has 0 heterocycles. The first-order valence-corrected chi connectivity index (χ1v) is 4.67. The first-order valence-electron chi connectivity index (χ1n) is 4.67. The summed E-state index contributed by atoms with van der Waals surface area (Å²) in [6.07, 6.45) is 3.95.